The van der Waals surface area contributed by atoms with E-state index in [-0.39, 0.29) is 17.5 Å². The molecular formula is C19H27N5O2S2. The van der Waals surface area contributed by atoms with Gasteiger partial charge in [0, 0.05) is 36.6 Å². The van der Waals surface area contributed by atoms with Gasteiger partial charge in [0.2, 0.25) is 0 Å². The minimum atomic E-state index is -2.93. The van der Waals surface area contributed by atoms with E-state index in [1.165, 1.54) is 0 Å². The summed E-state index contributed by atoms with van der Waals surface area (Å²) in [6.45, 7) is 3.54. The van der Waals surface area contributed by atoms with E-state index < -0.39 is 9.84 Å². The monoisotopic (exact) mass is 421 g/mol. The average Bonchev–Trinajstić information content (AvgIpc) is 3.38. The van der Waals surface area contributed by atoms with Crippen molar-refractivity contribution in [3.63, 3.8) is 0 Å². The summed E-state index contributed by atoms with van der Waals surface area (Å²) in [6.07, 6.45) is 8.60. The summed E-state index contributed by atoms with van der Waals surface area (Å²) in [4.78, 5) is 6.48. The van der Waals surface area contributed by atoms with Crippen LogP contribution in [0.2, 0.25) is 0 Å². The van der Waals surface area contributed by atoms with Gasteiger partial charge in [-0.1, -0.05) is 13.3 Å². The van der Waals surface area contributed by atoms with Crippen LogP contribution in [0.4, 0.5) is 0 Å². The third kappa shape index (κ3) is 4.21. The fourth-order valence-corrected chi connectivity index (χ4v) is 5.93. The minimum Gasteiger partial charge on any atom is -0.297 e. The molecule has 0 N–H and O–H groups in total. The molecule has 7 nitrogen and oxygen atoms in total. The van der Waals surface area contributed by atoms with Gasteiger partial charge in [-0.3, -0.25) is 14.5 Å². The Morgan fingerprint density at radius 2 is 2.14 bits per heavy atom. The Morgan fingerprint density at radius 1 is 1.32 bits per heavy atom. The molecular weight excluding hydrogens is 394 g/mol. The maximum absolute atomic E-state index is 12.0. The lowest BCUT2D eigenvalue weighted by Gasteiger charge is -2.27. The number of rotatable bonds is 8. The predicted molar refractivity (Wildman–Crippen MR) is 111 cm³/mol. The molecule has 1 saturated heterocycles. The van der Waals surface area contributed by atoms with Gasteiger partial charge >= 0.3 is 0 Å². The van der Waals surface area contributed by atoms with E-state index in [0.717, 1.165) is 43.6 Å². The fraction of sp³-hybridized carbons (Fsp3) is 0.632. The second kappa shape index (κ2) is 8.04. The summed E-state index contributed by atoms with van der Waals surface area (Å²) in [5, 5.41) is 4.84. The first kappa shape index (κ1) is 19.7. The highest BCUT2D eigenvalue weighted by atomic mass is 32.2. The number of pyridine rings is 1. The highest BCUT2D eigenvalue weighted by Crippen LogP contribution is 2.38. The number of hydrogen-bond donors (Lipinski definition) is 0. The summed E-state index contributed by atoms with van der Waals surface area (Å²) in [7, 11) is -2.93. The number of sulfone groups is 1. The molecule has 9 heteroatoms. The van der Waals surface area contributed by atoms with Crippen LogP contribution in [0.15, 0.2) is 24.5 Å². The van der Waals surface area contributed by atoms with E-state index in [4.69, 9.17) is 17.3 Å². The third-order valence-electron chi connectivity index (χ3n) is 5.54. The largest absolute Gasteiger partial charge is 0.297 e. The molecule has 3 heterocycles. The van der Waals surface area contributed by atoms with Crippen molar-refractivity contribution >= 4 is 22.1 Å². The molecule has 1 atom stereocenters. The van der Waals surface area contributed by atoms with Crippen molar-refractivity contribution in [3.05, 3.63) is 29.3 Å². The molecule has 0 radical (unpaired) electrons. The first-order chi connectivity index (χ1) is 13.5. The number of nitrogens with zero attached hydrogens (tertiary/aromatic N) is 5. The smallest absolute Gasteiger partial charge is 0.199 e. The normalized spacial score (nSPS) is 21.4. The Balaban J connectivity index is 1.65. The highest BCUT2D eigenvalue weighted by molar-refractivity contribution is 7.91. The Morgan fingerprint density at radius 3 is 2.75 bits per heavy atom. The molecule has 1 saturated carbocycles. The van der Waals surface area contributed by atoms with Crippen molar-refractivity contribution in [1.82, 2.24) is 24.2 Å². The Kier molecular flexibility index (Phi) is 5.66. The average molecular weight is 422 g/mol. The molecule has 1 unspecified atom stereocenters. The first-order valence-corrected chi connectivity index (χ1v) is 12.3. The maximum Gasteiger partial charge on any atom is 0.199 e. The molecule has 2 aromatic rings. The topological polar surface area (TPSA) is 73.0 Å². The lowest BCUT2D eigenvalue weighted by Crippen LogP contribution is -2.38. The van der Waals surface area contributed by atoms with Crippen molar-refractivity contribution < 1.29 is 8.42 Å². The van der Waals surface area contributed by atoms with Crippen molar-refractivity contribution in [2.45, 2.75) is 57.8 Å². The van der Waals surface area contributed by atoms with Gasteiger partial charge in [-0.15, -0.1) is 0 Å². The third-order valence-corrected chi connectivity index (χ3v) is 7.70. The quantitative estimate of drug-likeness (QED) is 0.610. The molecule has 0 spiro atoms. The van der Waals surface area contributed by atoms with Crippen molar-refractivity contribution in [3.8, 4) is 11.4 Å². The van der Waals surface area contributed by atoms with Crippen LogP contribution < -0.4 is 0 Å². The number of aromatic nitrogens is 4. The Bertz CT molecular complexity index is 979. The highest BCUT2D eigenvalue weighted by Gasteiger charge is 2.33. The molecule has 4 rings (SSSR count). The van der Waals surface area contributed by atoms with Crippen molar-refractivity contribution in [1.29, 1.82) is 0 Å². The van der Waals surface area contributed by atoms with Gasteiger partial charge in [0.1, 0.15) is 0 Å². The number of unbranched alkanes of at least 4 members (excludes halogenated alkanes) is 1. The van der Waals surface area contributed by atoms with Crippen molar-refractivity contribution in [2.24, 2.45) is 0 Å². The second-order valence-electron chi connectivity index (χ2n) is 7.81. The zero-order valence-electron chi connectivity index (χ0n) is 16.2. The van der Waals surface area contributed by atoms with Crippen molar-refractivity contribution in [2.75, 3.05) is 18.1 Å². The van der Waals surface area contributed by atoms with Crippen LogP contribution in [0.25, 0.3) is 11.4 Å². The van der Waals surface area contributed by atoms with Crippen LogP contribution in [-0.4, -0.2) is 56.7 Å². The number of hydrogen-bond acceptors (Lipinski definition) is 6. The lowest BCUT2D eigenvalue weighted by molar-refractivity contribution is 0.152. The van der Waals surface area contributed by atoms with Crippen LogP contribution in [-0.2, 0) is 16.5 Å². The summed E-state index contributed by atoms with van der Waals surface area (Å²) >= 11 is 5.78. The Labute approximate surface area is 171 Å². The fourth-order valence-electron chi connectivity index (χ4n) is 3.83. The summed E-state index contributed by atoms with van der Waals surface area (Å²) < 4.78 is 28.7. The molecule has 0 aromatic carbocycles. The zero-order chi connectivity index (χ0) is 19.7. The van der Waals surface area contributed by atoms with E-state index in [2.05, 4.69) is 21.4 Å². The van der Waals surface area contributed by atoms with Gasteiger partial charge in [-0.2, -0.15) is 5.10 Å². The first-order valence-electron chi connectivity index (χ1n) is 10.0. The van der Waals surface area contributed by atoms with Crippen LogP contribution in [0.5, 0.6) is 0 Å². The van der Waals surface area contributed by atoms with E-state index in [0.29, 0.717) is 23.9 Å². The molecule has 1 aliphatic carbocycles. The van der Waals surface area contributed by atoms with Crippen LogP contribution in [0.3, 0.4) is 0 Å². The second-order valence-corrected chi connectivity index (χ2v) is 10.4. The molecule has 152 valence electrons. The standard InChI is InChI=1S/C19H27N5O2S2/c1-2-3-10-22(17-8-11-28(25,26)13-17)14-23-19(27)24(16-6-7-16)18(21-23)15-5-4-9-20-12-15/h4-5,9,12,16-17H,2-3,6-8,10-11,13-14H2,1H3. The van der Waals surface area contributed by atoms with E-state index in [1.54, 1.807) is 6.20 Å². The molecule has 2 aliphatic rings. The molecule has 0 amide bonds. The van der Waals surface area contributed by atoms with Gasteiger partial charge in [-0.25, -0.2) is 13.1 Å². The predicted octanol–water partition coefficient (Wildman–Crippen LogP) is 3.06. The van der Waals surface area contributed by atoms with E-state index >= 15 is 0 Å². The van der Waals surface area contributed by atoms with Gasteiger partial charge in [0.25, 0.3) is 0 Å². The van der Waals surface area contributed by atoms with E-state index in [9.17, 15) is 8.42 Å². The summed E-state index contributed by atoms with van der Waals surface area (Å²) in [5.74, 6) is 1.38. The van der Waals surface area contributed by atoms with Crippen LogP contribution in [0, 0.1) is 4.77 Å². The van der Waals surface area contributed by atoms with Gasteiger partial charge in [-0.05, 0) is 50.0 Å². The molecule has 0 bridgehead atoms. The van der Waals surface area contributed by atoms with Crippen LogP contribution >= 0.6 is 12.2 Å². The Hall–Kier alpha value is -1.58. The van der Waals surface area contributed by atoms with Gasteiger partial charge < -0.3 is 0 Å². The molecule has 2 fully saturated rings. The molecule has 28 heavy (non-hydrogen) atoms. The summed E-state index contributed by atoms with van der Waals surface area (Å²) in [6, 6.07) is 4.37. The van der Waals surface area contributed by atoms with Gasteiger partial charge in [0.05, 0.1) is 18.2 Å². The van der Waals surface area contributed by atoms with E-state index in [1.807, 2.05) is 23.0 Å². The molecule has 1 aliphatic heterocycles. The van der Waals surface area contributed by atoms with Gasteiger partial charge in [0.15, 0.2) is 20.4 Å². The van der Waals surface area contributed by atoms with Crippen LogP contribution in [0.1, 0.15) is 45.1 Å². The maximum atomic E-state index is 12.0. The lowest BCUT2D eigenvalue weighted by atomic mass is 10.2. The summed E-state index contributed by atoms with van der Waals surface area (Å²) in [5.41, 5.74) is 0.961. The minimum absolute atomic E-state index is 0.0476. The SMILES string of the molecule is CCCCN(Cn1nc(-c2cccnc2)n(C2CC2)c1=S)C1CCS(=O)(=O)C1. The zero-order valence-corrected chi connectivity index (χ0v) is 17.8. The molecule has 2 aromatic heterocycles.